The van der Waals surface area contributed by atoms with E-state index < -0.39 is 0 Å². The minimum Gasteiger partial charge on any atom is -0.494 e. The van der Waals surface area contributed by atoms with Crippen molar-refractivity contribution in [1.82, 2.24) is 18.7 Å². The molecule has 0 unspecified atom stereocenters. The van der Waals surface area contributed by atoms with Crippen molar-refractivity contribution in [3.8, 4) is 5.75 Å². The third-order valence-corrected chi connectivity index (χ3v) is 5.00. The molecule has 0 radical (unpaired) electrons. The fraction of sp³-hybridized carbons (Fsp3) is 0.286. The highest BCUT2D eigenvalue weighted by molar-refractivity contribution is 5.83. The van der Waals surface area contributed by atoms with Crippen molar-refractivity contribution in [2.24, 2.45) is 14.1 Å². The van der Waals surface area contributed by atoms with E-state index in [4.69, 9.17) is 4.74 Å². The van der Waals surface area contributed by atoms with Crippen LogP contribution >= 0.6 is 0 Å². The van der Waals surface area contributed by atoms with Gasteiger partial charge in [0.1, 0.15) is 5.75 Å². The molecule has 144 valence electrons. The van der Waals surface area contributed by atoms with Crippen LogP contribution in [-0.2, 0) is 20.6 Å². The molecule has 7 nitrogen and oxygen atoms in total. The molecule has 0 saturated carbocycles. The average molecular weight is 378 g/mol. The van der Waals surface area contributed by atoms with Crippen LogP contribution < -0.4 is 16.0 Å². The number of fused-ring (bicyclic) bond motifs is 2. The van der Waals surface area contributed by atoms with Gasteiger partial charge in [-0.15, -0.1) is 0 Å². The number of unbranched alkanes of at least 4 members (excludes halogenated alkanes) is 1. The van der Waals surface area contributed by atoms with Crippen molar-refractivity contribution in [2.75, 3.05) is 6.61 Å². The Morgan fingerprint density at radius 2 is 1.75 bits per heavy atom. The highest BCUT2D eigenvalue weighted by Crippen LogP contribution is 2.20. The Balaban J connectivity index is 1.39. The van der Waals surface area contributed by atoms with E-state index in [-0.39, 0.29) is 11.2 Å². The summed E-state index contributed by atoms with van der Waals surface area (Å²) in [4.78, 5) is 28.7. The van der Waals surface area contributed by atoms with Crippen LogP contribution in [0.4, 0.5) is 0 Å². The summed E-state index contributed by atoms with van der Waals surface area (Å²) in [5, 5.41) is 2.35. The molecular formula is C21H22N4O3. The van der Waals surface area contributed by atoms with E-state index in [0.29, 0.717) is 24.3 Å². The molecule has 0 atom stereocenters. The van der Waals surface area contributed by atoms with E-state index in [0.717, 1.165) is 28.5 Å². The summed E-state index contributed by atoms with van der Waals surface area (Å²) < 4.78 is 10.2. The summed E-state index contributed by atoms with van der Waals surface area (Å²) in [6, 6.07) is 14.3. The number of rotatable bonds is 6. The molecule has 0 saturated heterocycles. The summed E-state index contributed by atoms with van der Waals surface area (Å²) in [6.07, 6.45) is 3.30. The zero-order valence-electron chi connectivity index (χ0n) is 16.0. The van der Waals surface area contributed by atoms with E-state index in [2.05, 4.69) is 23.2 Å². The molecule has 0 aliphatic carbocycles. The first kappa shape index (κ1) is 18.0. The van der Waals surface area contributed by atoms with Crippen LogP contribution in [0.15, 0.2) is 58.4 Å². The molecule has 0 spiro atoms. The van der Waals surface area contributed by atoms with Crippen LogP contribution in [0.3, 0.4) is 0 Å². The Kier molecular flexibility index (Phi) is 4.73. The molecule has 0 bridgehead atoms. The van der Waals surface area contributed by atoms with Crippen LogP contribution in [0.25, 0.3) is 21.9 Å². The van der Waals surface area contributed by atoms with Crippen LogP contribution in [0.1, 0.15) is 12.8 Å². The maximum Gasteiger partial charge on any atom is 0.332 e. The molecule has 0 fully saturated rings. The van der Waals surface area contributed by atoms with Gasteiger partial charge in [-0.2, -0.15) is 0 Å². The quantitative estimate of drug-likeness (QED) is 0.483. The van der Waals surface area contributed by atoms with Gasteiger partial charge in [0.05, 0.1) is 12.9 Å². The molecule has 0 N–H and O–H groups in total. The molecular weight excluding hydrogens is 356 g/mol. The Hall–Kier alpha value is -3.35. The number of hydrogen-bond acceptors (Lipinski definition) is 4. The SMILES string of the molecule is Cn1c(=O)c2c(ncn2CCCCOc2ccc3ccccc3c2)n(C)c1=O. The van der Waals surface area contributed by atoms with Crippen LogP contribution in [0.2, 0.25) is 0 Å². The second kappa shape index (κ2) is 7.34. The minimum atomic E-state index is -0.369. The van der Waals surface area contributed by atoms with Gasteiger partial charge in [0.15, 0.2) is 11.2 Å². The van der Waals surface area contributed by atoms with E-state index >= 15 is 0 Å². The van der Waals surface area contributed by atoms with Gasteiger partial charge >= 0.3 is 5.69 Å². The molecule has 0 aliphatic heterocycles. The standard InChI is InChI=1S/C21H22N4O3/c1-23-19-18(20(26)24(2)21(23)27)25(14-22-19)11-5-6-12-28-17-10-9-15-7-3-4-8-16(15)13-17/h3-4,7-10,13-14H,5-6,11-12H2,1-2H3. The Morgan fingerprint density at radius 1 is 0.964 bits per heavy atom. The predicted molar refractivity (Wildman–Crippen MR) is 109 cm³/mol. The lowest BCUT2D eigenvalue weighted by molar-refractivity contribution is 0.304. The van der Waals surface area contributed by atoms with Gasteiger partial charge in [-0.05, 0) is 35.7 Å². The van der Waals surface area contributed by atoms with Crippen molar-refractivity contribution in [1.29, 1.82) is 0 Å². The monoisotopic (exact) mass is 378 g/mol. The van der Waals surface area contributed by atoms with Crippen molar-refractivity contribution in [3.05, 3.63) is 69.6 Å². The van der Waals surface area contributed by atoms with Gasteiger partial charge in [-0.25, -0.2) is 9.78 Å². The van der Waals surface area contributed by atoms with E-state index in [9.17, 15) is 9.59 Å². The Labute approximate surface area is 161 Å². The van der Waals surface area contributed by atoms with Crippen molar-refractivity contribution < 1.29 is 4.74 Å². The molecule has 4 rings (SSSR count). The topological polar surface area (TPSA) is 71.0 Å². The van der Waals surface area contributed by atoms with E-state index in [1.807, 2.05) is 28.8 Å². The normalized spacial score (nSPS) is 11.4. The molecule has 4 aromatic rings. The molecule has 0 aliphatic rings. The first-order valence-electron chi connectivity index (χ1n) is 9.29. The lowest BCUT2D eigenvalue weighted by Gasteiger charge is -2.09. The van der Waals surface area contributed by atoms with Crippen molar-refractivity contribution in [3.63, 3.8) is 0 Å². The maximum absolute atomic E-state index is 12.4. The zero-order chi connectivity index (χ0) is 19.7. The number of aryl methyl sites for hydroxylation is 2. The lowest BCUT2D eigenvalue weighted by Crippen LogP contribution is -2.37. The molecule has 28 heavy (non-hydrogen) atoms. The average Bonchev–Trinajstić information content (AvgIpc) is 3.14. The number of aromatic nitrogens is 4. The second-order valence-electron chi connectivity index (χ2n) is 6.88. The first-order valence-corrected chi connectivity index (χ1v) is 9.29. The summed E-state index contributed by atoms with van der Waals surface area (Å²) >= 11 is 0. The molecule has 7 heteroatoms. The van der Waals surface area contributed by atoms with Crippen LogP contribution in [0, 0.1) is 0 Å². The molecule has 2 aromatic heterocycles. The van der Waals surface area contributed by atoms with Gasteiger partial charge in [0.2, 0.25) is 0 Å². The Morgan fingerprint density at radius 3 is 2.57 bits per heavy atom. The van der Waals surface area contributed by atoms with Gasteiger partial charge < -0.3 is 9.30 Å². The fourth-order valence-corrected chi connectivity index (χ4v) is 3.40. The fourth-order valence-electron chi connectivity index (χ4n) is 3.40. The lowest BCUT2D eigenvalue weighted by atomic mass is 10.1. The van der Waals surface area contributed by atoms with Gasteiger partial charge in [0, 0.05) is 20.6 Å². The molecule has 2 heterocycles. The largest absolute Gasteiger partial charge is 0.494 e. The summed E-state index contributed by atoms with van der Waals surface area (Å²) in [5.74, 6) is 0.857. The smallest absolute Gasteiger partial charge is 0.332 e. The minimum absolute atomic E-state index is 0.317. The molecule has 0 amide bonds. The third-order valence-electron chi connectivity index (χ3n) is 5.00. The number of imidazole rings is 1. The third kappa shape index (κ3) is 3.19. The summed E-state index contributed by atoms with van der Waals surface area (Å²) in [5.41, 5.74) is 0.190. The van der Waals surface area contributed by atoms with E-state index in [1.54, 1.807) is 13.4 Å². The van der Waals surface area contributed by atoms with Gasteiger partial charge in [0.25, 0.3) is 5.56 Å². The number of benzene rings is 2. The highest BCUT2D eigenvalue weighted by Gasteiger charge is 2.13. The Bertz CT molecular complexity index is 1270. The highest BCUT2D eigenvalue weighted by atomic mass is 16.5. The van der Waals surface area contributed by atoms with Crippen LogP contribution in [0.5, 0.6) is 5.75 Å². The van der Waals surface area contributed by atoms with Crippen molar-refractivity contribution >= 4 is 21.9 Å². The predicted octanol–water partition coefficient (Wildman–Crippen LogP) is 2.45. The summed E-state index contributed by atoms with van der Waals surface area (Å²) in [6.45, 7) is 1.24. The number of hydrogen-bond donors (Lipinski definition) is 0. The van der Waals surface area contributed by atoms with Crippen molar-refractivity contribution in [2.45, 2.75) is 19.4 Å². The maximum atomic E-state index is 12.4. The van der Waals surface area contributed by atoms with E-state index in [1.165, 1.54) is 17.0 Å². The van der Waals surface area contributed by atoms with Gasteiger partial charge in [-0.3, -0.25) is 13.9 Å². The van der Waals surface area contributed by atoms with Gasteiger partial charge in [-0.1, -0.05) is 30.3 Å². The molecule has 2 aromatic carbocycles. The second-order valence-corrected chi connectivity index (χ2v) is 6.88. The number of nitrogens with zero attached hydrogens (tertiary/aromatic N) is 4. The summed E-state index contributed by atoms with van der Waals surface area (Å²) in [7, 11) is 3.11. The number of ether oxygens (including phenoxy) is 1. The van der Waals surface area contributed by atoms with Crippen LogP contribution in [-0.4, -0.2) is 25.3 Å². The first-order chi connectivity index (χ1) is 13.6. The zero-order valence-corrected chi connectivity index (χ0v) is 16.0.